The van der Waals surface area contributed by atoms with Gasteiger partial charge in [0.1, 0.15) is 0 Å². The molecule has 62 valence electrons. The minimum atomic E-state index is -0.524. The van der Waals surface area contributed by atoms with Crippen LogP contribution in [-0.4, -0.2) is 7.11 Å². The predicted molar refractivity (Wildman–Crippen MR) is 46.8 cm³/mol. The number of ether oxygens (including phenoxy) is 1. The molecule has 0 aromatic heterocycles. The van der Waals surface area contributed by atoms with Gasteiger partial charge in [0.15, 0.2) is 6.10 Å². The average Bonchev–Trinajstić information content (AvgIpc) is 2.07. The van der Waals surface area contributed by atoms with E-state index in [0.29, 0.717) is 5.02 Å². The Kier molecular flexibility index (Phi) is 3.09. The zero-order valence-corrected chi connectivity index (χ0v) is 7.38. The van der Waals surface area contributed by atoms with Crippen molar-refractivity contribution in [2.75, 3.05) is 7.11 Å². The second-order valence-electron chi connectivity index (χ2n) is 2.30. The van der Waals surface area contributed by atoms with Crippen LogP contribution >= 0.6 is 11.6 Å². The highest BCUT2D eigenvalue weighted by atomic mass is 35.5. The molecular weight excluding hydrogens is 174 g/mol. The summed E-state index contributed by atoms with van der Waals surface area (Å²) in [6.45, 7) is 0. The molecule has 0 fully saturated rings. The first-order chi connectivity index (χ1) is 5.77. The van der Waals surface area contributed by atoms with E-state index in [0.717, 1.165) is 5.56 Å². The van der Waals surface area contributed by atoms with E-state index in [9.17, 15) is 0 Å². The van der Waals surface area contributed by atoms with E-state index >= 15 is 0 Å². The van der Waals surface area contributed by atoms with Crippen molar-refractivity contribution >= 4 is 11.6 Å². The molecule has 1 aromatic carbocycles. The van der Waals surface area contributed by atoms with Crippen LogP contribution in [0.3, 0.4) is 0 Å². The fourth-order valence-electron chi connectivity index (χ4n) is 0.933. The summed E-state index contributed by atoms with van der Waals surface area (Å²) >= 11 is 5.74. The van der Waals surface area contributed by atoms with Gasteiger partial charge in [-0.1, -0.05) is 23.7 Å². The molecule has 2 nitrogen and oxygen atoms in total. The summed E-state index contributed by atoms with van der Waals surface area (Å²) in [5.41, 5.74) is 0.785. The Morgan fingerprint density at radius 2 is 2.33 bits per heavy atom. The van der Waals surface area contributed by atoms with Gasteiger partial charge in [-0.25, -0.2) is 0 Å². The molecule has 0 N–H and O–H groups in total. The van der Waals surface area contributed by atoms with Crippen LogP contribution in [0.1, 0.15) is 11.7 Å². The van der Waals surface area contributed by atoms with Crippen LogP contribution in [0.4, 0.5) is 0 Å². The van der Waals surface area contributed by atoms with Gasteiger partial charge < -0.3 is 4.74 Å². The lowest BCUT2D eigenvalue weighted by atomic mass is 10.1. The number of rotatable bonds is 2. The zero-order chi connectivity index (χ0) is 8.97. The Morgan fingerprint density at radius 1 is 1.58 bits per heavy atom. The molecule has 0 saturated heterocycles. The van der Waals surface area contributed by atoms with E-state index < -0.39 is 6.10 Å². The largest absolute Gasteiger partial charge is 0.362 e. The molecule has 0 aliphatic carbocycles. The van der Waals surface area contributed by atoms with Gasteiger partial charge in [0.2, 0.25) is 0 Å². The molecule has 0 aliphatic rings. The van der Waals surface area contributed by atoms with Crippen molar-refractivity contribution in [1.29, 1.82) is 5.26 Å². The van der Waals surface area contributed by atoms with E-state index in [-0.39, 0.29) is 0 Å². The number of hydrogen-bond donors (Lipinski definition) is 0. The highest BCUT2D eigenvalue weighted by molar-refractivity contribution is 6.30. The van der Waals surface area contributed by atoms with Gasteiger partial charge in [-0.05, 0) is 17.7 Å². The summed E-state index contributed by atoms with van der Waals surface area (Å²) in [5, 5.41) is 9.27. The first-order valence-electron chi connectivity index (χ1n) is 3.46. The third kappa shape index (κ3) is 1.97. The number of hydrogen-bond acceptors (Lipinski definition) is 2. The molecule has 1 rings (SSSR count). The highest BCUT2D eigenvalue weighted by Crippen LogP contribution is 2.19. The molecule has 12 heavy (non-hydrogen) atoms. The Morgan fingerprint density at radius 3 is 2.83 bits per heavy atom. The van der Waals surface area contributed by atoms with Crippen LogP contribution in [0.15, 0.2) is 24.3 Å². The normalized spacial score (nSPS) is 12.1. The predicted octanol–water partition coefficient (Wildman–Crippen LogP) is 2.55. The Balaban J connectivity index is 2.95. The van der Waals surface area contributed by atoms with Gasteiger partial charge in [0.05, 0.1) is 6.07 Å². The van der Waals surface area contributed by atoms with Gasteiger partial charge >= 0.3 is 0 Å². The van der Waals surface area contributed by atoms with Crippen molar-refractivity contribution in [2.45, 2.75) is 6.10 Å². The number of nitriles is 1. The first kappa shape index (κ1) is 9.05. The first-order valence-corrected chi connectivity index (χ1v) is 3.83. The van der Waals surface area contributed by atoms with Crippen molar-refractivity contribution in [1.82, 2.24) is 0 Å². The summed E-state index contributed by atoms with van der Waals surface area (Å²) in [4.78, 5) is 0. The van der Waals surface area contributed by atoms with Crippen LogP contribution in [-0.2, 0) is 4.74 Å². The molecule has 3 heteroatoms. The SMILES string of the molecule is COC(C#N)c1cccc(Cl)c1. The van der Waals surface area contributed by atoms with Crippen molar-refractivity contribution in [3.8, 4) is 6.07 Å². The van der Waals surface area contributed by atoms with Crippen LogP contribution in [0, 0.1) is 11.3 Å². The van der Waals surface area contributed by atoms with Crippen molar-refractivity contribution < 1.29 is 4.74 Å². The van der Waals surface area contributed by atoms with E-state index in [1.807, 2.05) is 12.1 Å². The molecular formula is C9H8ClNO. The fourth-order valence-corrected chi connectivity index (χ4v) is 1.13. The monoisotopic (exact) mass is 181 g/mol. The molecule has 1 unspecified atom stereocenters. The number of methoxy groups -OCH3 is 1. The van der Waals surface area contributed by atoms with Crippen LogP contribution in [0.5, 0.6) is 0 Å². The van der Waals surface area contributed by atoms with Crippen molar-refractivity contribution in [3.63, 3.8) is 0 Å². The lowest BCUT2D eigenvalue weighted by Gasteiger charge is -2.06. The van der Waals surface area contributed by atoms with Gasteiger partial charge in [-0.3, -0.25) is 0 Å². The molecule has 0 radical (unpaired) electrons. The lowest BCUT2D eigenvalue weighted by molar-refractivity contribution is 0.148. The summed E-state index contributed by atoms with van der Waals surface area (Å²) in [6.07, 6.45) is -0.524. The number of benzene rings is 1. The Hall–Kier alpha value is -1.04. The molecule has 0 spiro atoms. The van der Waals surface area contributed by atoms with E-state index in [1.165, 1.54) is 7.11 Å². The molecule has 0 saturated carbocycles. The van der Waals surface area contributed by atoms with Gasteiger partial charge in [-0.15, -0.1) is 0 Å². The zero-order valence-electron chi connectivity index (χ0n) is 6.62. The molecule has 1 atom stereocenters. The Labute approximate surface area is 76.3 Å². The van der Waals surface area contributed by atoms with Crippen LogP contribution < -0.4 is 0 Å². The minimum absolute atomic E-state index is 0.524. The molecule has 0 amide bonds. The fraction of sp³-hybridized carbons (Fsp3) is 0.222. The third-order valence-electron chi connectivity index (χ3n) is 1.50. The van der Waals surface area contributed by atoms with E-state index in [4.69, 9.17) is 21.6 Å². The maximum Gasteiger partial charge on any atom is 0.168 e. The van der Waals surface area contributed by atoms with Crippen LogP contribution in [0.25, 0.3) is 0 Å². The minimum Gasteiger partial charge on any atom is -0.362 e. The van der Waals surface area contributed by atoms with Crippen molar-refractivity contribution in [2.24, 2.45) is 0 Å². The smallest absolute Gasteiger partial charge is 0.168 e. The number of halogens is 1. The third-order valence-corrected chi connectivity index (χ3v) is 1.74. The van der Waals surface area contributed by atoms with Crippen molar-refractivity contribution in [3.05, 3.63) is 34.9 Å². The molecule has 0 aliphatic heterocycles. The maximum atomic E-state index is 8.65. The standard InChI is InChI=1S/C9H8ClNO/c1-12-9(6-11)7-3-2-4-8(10)5-7/h2-5,9H,1H3. The maximum absolute atomic E-state index is 8.65. The second kappa shape index (κ2) is 4.10. The quantitative estimate of drug-likeness (QED) is 0.703. The summed E-state index contributed by atoms with van der Waals surface area (Å²) in [6, 6.07) is 9.10. The Bertz CT molecular complexity index is 306. The molecule has 1 aromatic rings. The van der Waals surface area contributed by atoms with Gasteiger partial charge in [-0.2, -0.15) is 5.26 Å². The molecule has 0 bridgehead atoms. The summed E-state index contributed by atoms with van der Waals surface area (Å²) in [5.74, 6) is 0. The van der Waals surface area contributed by atoms with Gasteiger partial charge in [0, 0.05) is 12.1 Å². The summed E-state index contributed by atoms with van der Waals surface area (Å²) < 4.78 is 4.92. The number of nitrogens with zero attached hydrogens (tertiary/aromatic N) is 1. The topological polar surface area (TPSA) is 33.0 Å². The van der Waals surface area contributed by atoms with E-state index in [1.54, 1.807) is 18.2 Å². The molecule has 0 heterocycles. The van der Waals surface area contributed by atoms with E-state index in [2.05, 4.69) is 0 Å². The highest BCUT2D eigenvalue weighted by Gasteiger charge is 2.07. The summed E-state index contributed by atoms with van der Waals surface area (Å²) in [7, 11) is 1.49. The second-order valence-corrected chi connectivity index (χ2v) is 2.74. The average molecular weight is 182 g/mol. The van der Waals surface area contributed by atoms with Gasteiger partial charge in [0.25, 0.3) is 0 Å². The lowest BCUT2D eigenvalue weighted by Crippen LogP contribution is -1.97. The van der Waals surface area contributed by atoms with Crippen LogP contribution in [0.2, 0.25) is 5.02 Å².